The van der Waals surface area contributed by atoms with Gasteiger partial charge in [-0.1, -0.05) is 24.3 Å². The number of rotatable bonds is 3. The molecular weight excluding hydrogens is 284 g/mol. The van der Waals surface area contributed by atoms with E-state index in [4.69, 9.17) is 9.47 Å². The average molecular weight is 298 g/mol. The van der Waals surface area contributed by atoms with Crippen LogP contribution in [0.2, 0.25) is 0 Å². The first-order valence-corrected chi connectivity index (χ1v) is 7.34. The minimum atomic E-state index is -0.363. The molecule has 3 nitrogen and oxygen atoms in total. The van der Waals surface area contributed by atoms with Gasteiger partial charge in [0.2, 0.25) is 0 Å². The first-order valence-electron chi connectivity index (χ1n) is 6.53. The molecule has 0 atom stereocenters. The molecule has 3 aromatic rings. The standard InChI is InChI=1S/C17H14O3S/c1-11-7-8-13(14(9-11)19-2)20-17(18)16-10-12-5-3-4-6-15(12)21-16/h3-10H,1-2H3. The first-order chi connectivity index (χ1) is 10.2. The number of carbonyl (C=O) groups is 1. The van der Waals surface area contributed by atoms with Gasteiger partial charge in [0.1, 0.15) is 4.88 Å². The van der Waals surface area contributed by atoms with Crippen molar-refractivity contribution in [2.75, 3.05) is 7.11 Å². The SMILES string of the molecule is COc1cc(C)ccc1OC(=O)c1cc2ccccc2s1. The third-order valence-corrected chi connectivity index (χ3v) is 4.24. The van der Waals surface area contributed by atoms with Crippen molar-refractivity contribution in [3.63, 3.8) is 0 Å². The molecule has 1 aromatic heterocycles. The molecule has 0 fully saturated rings. The van der Waals surface area contributed by atoms with E-state index in [9.17, 15) is 4.79 Å². The molecule has 0 aliphatic carbocycles. The zero-order valence-corrected chi connectivity index (χ0v) is 12.6. The van der Waals surface area contributed by atoms with Crippen LogP contribution in [0, 0.1) is 6.92 Å². The summed E-state index contributed by atoms with van der Waals surface area (Å²) in [5, 5.41) is 1.05. The van der Waals surface area contributed by atoms with Crippen molar-refractivity contribution < 1.29 is 14.3 Å². The maximum atomic E-state index is 12.3. The lowest BCUT2D eigenvalue weighted by atomic mass is 10.2. The number of carbonyl (C=O) groups excluding carboxylic acids is 1. The van der Waals surface area contributed by atoms with Crippen molar-refractivity contribution >= 4 is 27.4 Å². The molecule has 0 saturated heterocycles. The lowest BCUT2D eigenvalue weighted by molar-refractivity contribution is 0.0735. The van der Waals surface area contributed by atoms with Crippen LogP contribution in [0.3, 0.4) is 0 Å². The van der Waals surface area contributed by atoms with Gasteiger partial charge >= 0.3 is 5.97 Å². The zero-order chi connectivity index (χ0) is 14.8. The Morgan fingerprint density at radius 1 is 1.05 bits per heavy atom. The molecule has 0 spiro atoms. The van der Waals surface area contributed by atoms with E-state index in [2.05, 4.69) is 0 Å². The van der Waals surface area contributed by atoms with Gasteiger partial charge in [-0.2, -0.15) is 0 Å². The highest BCUT2D eigenvalue weighted by Crippen LogP contribution is 2.30. The number of hydrogen-bond donors (Lipinski definition) is 0. The number of thiophene rings is 1. The maximum Gasteiger partial charge on any atom is 0.353 e. The average Bonchev–Trinajstić information content (AvgIpc) is 2.93. The predicted octanol–water partition coefficient (Wildman–Crippen LogP) is 4.44. The Morgan fingerprint density at radius 3 is 2.62 bits per heavy atom. The normalized spacial score (nSPS) is 10.6. The number of aryl methyl sites for hydroxylation is 1. The van der Waals surface area contributed by atoms with Crippen LogP contribution in [0.1, 0.15) is 15.2 Å². The van der Waals surface area contributed by atoms with Crippen molar-refractivity contribution in [1.82, 2.24) is 0 Å². The molecule has 0 aliphatic rings. The number of benzene rings is 2. The molecule has 3 rings (SSSR count). The first kappa shape index (κ1) is 13.6. The van der Waals surface area contributed by atoms with Gasteiger partial charge in [-0.25, -0.2) is 4.79 Å². The quantitative estimate of drug-likeness (QED) is 0.530. The molecular formula is C17H14O3S. The molecule has 0 unspecified atom stereocenters. The molecule has 0 aliphatic heterocycles. The van der Waals surface area contributed by atoms with Gasteiger partial charge in [0, 0.05) is 4.70 Å². The Hall–Kier alpha value is -2.33. The van der Waals surface area contributed by atoms with E-state index in [1.165, 1.54) is 11.3 Å². The molecule has 2 aromatic carbocycles. The minimum absolute atomic E-state index is 0.363. The van der Waals surface area contributed by atoms with Gasteiger partial charge in [0.15, 0.2) is 11.5 Å². The van der Waals surface area contributed by atoms with E-state index in [0.717, 1.165) is 15.6 Å². The van der Waals surface area contributed by atoms with Gasteiger partial charge in [0.25, 0.3) is 0 Å². The molecule has 21 heavy (non-hydrogen) atoms. The second-order valence-corrected chi connectivity index (χ2v) is 5.78. The van der Waals surface area contributed by atoms with Crippen molar-refractivity contribution in [3.8, 4) is 11.5 Å². The fourth-order valence-corrected chi connectivity index (χ4v) is 3.03. The van der Waals surface area contributed by atoms with Crippen LogP contribution < -0.4 is 9.47 Å². The second-order valence-electron chi connectivity index (χ2n) is 4.69. The van der Waals surface area contributed by atoms with Gasteiger partial charge in [0.05, 0.1) is 7.11 Å². The molecule has 106 valence electrons. The summed E-state index contributed by atoms with van der Waals surface area (Å²) in [5.41, 5.74) is 1.05. The fraction of sp³-hybridized carbons (Fsp3) is 0.118. The summed E-state index contributed by atoms with van der Waals surface area (Å²) in [6, 6.07) is 15.2. The van der Waals surface area contributed by atoms with E-state index in [1.807, 2.05) is 49.4 Å². The van der Waals surface area contributed by atoms with Crippen LogP contribution in [0.5, 0.6) is 11.5 Å². The number of ether oxygens (including phenoxy) is 2. The number of hydrogen-bond acceptors (Lipinski definition) is 4. The van der Waals surface area contributed by atoms with Gasteiger partial charge in [-0.15, -0.1) is 11.3 Å². The molecule has 0 radical (unpaired) electrons. The molecule has 0 N–H and O–H groups in total. The smallest absolute Gasteiger partial charge is 0.353 e. The Bertz CT molecular complexity index is 772. The summed E-state index contributed by atoms with van der Waals surface area (Å²) in [6.07, 6.45) is 0. The zero-order valence-electron chi connectivity index (χ0n) is 11.8. The minimum Gasteiger partial charge on any atom is -0.493 e. The van der Waals surface area contributed by atoms with Crippen LogP contribution in [-0.2, 0) is 0 Å². The van der Waals surface area contributed by atoms with Crippen molar-refractivity contribution in [1.29, 1.82) is 0 Å². The molecule has 1 heterocycles. The molecule has 4 heteroatoms. The summed E-state index contributed by atoms with van der Waals surface area (Å²) in [5.74, 6) is 0.633. The largest absolute Gasteiger partial charge is 0.493 e. The molecule has 0 saturated carbocycles. The van der Waals surface area contributed by atoms with E-state index in [0.29, 0.717) is 16.4 Å². The van der Waals surface area contributed by atoms with Crippen LogP contribution in [0.25, 0.3) is 10.1 Å². The Labute approximate surface area is 126 Å². The lowest BCUT2D eigenvalue weighted by Gasteiger charge is -2.08. The third kappa shape index (κ3) is 2.76. The highest BCUT2D eigenvalue weighted by Gasteiger charge is 2.15. The molecule has 0 amide bonds. The summed E-state index contributed by atoms with van der Waals surface area (Å²) >= 11 is 1.43. The Kier molecular flexibility index (Phi) is 3.62. The van der Waals surface area contributed by atoms with Crippen LogP contribution in [0.4, 0.5) is 0 Å². The highest BCUT2D eigenvalue weighted by atomic mass is 32.1. The Morgan fingerprint density at radius 2 is 1.86 bits per heavy atom. The summed E-state index contributed by atoms with van der Waals surface area (Å²) in [7, 11) is 1.56. The van der Waals surface area contributed by atoms with Gasteiger partial charge in [-0.05, 0) is 42.1 Å². The van der Waals surface area contributed by atoms with E-state index < -0.39 is 0 Å². The topological polar surface area (TPSA) is 35.5 Å². The monoisotopic (exact) mass is 298 g/mol. The number of methoxy groups -OCH3 is 1. The second kappa shape index (κ2) is 5.58. The van der Waals surface area contributed by atoms with E-state index in [1.54, 1.807) is 13.2 Å². The lowest BCUT2D eigenvalue weighted by Crippen LogP contribution is -2.07. The van der Waals surface area contributed by atoms with Crippen molar-refractivity contribution in [2.45, 2.75) is 6.92 Å². The highest BCUT2D eigenvalue weighted by molar-refractivity contribution is 7.20. The van der Waals surface area contributed by atoms with Crippen molar-refractivity contribution in [2.24, 2.45) is 0 Å². The fourth-order valence-electron chi connectivity index (χ4n) is 2.09. The predicted molar refractivity (Wildman–Crippen MR) is 84.5 cm³/mol. The van der Waals surface area contributed by atoms with Crippen LogP contribution in [-0.4, -0.2) is 13.1 Å². The van der Waals surface area contributed by atoms with E-state index >= 15 is 0 Å². The maximum absolute atomic E-state index is 12.3. The third-order valence-electron chi connectivity index (χ3n) is 3.15. The van der Waals surface area contributed by atoms with Crippen LogP contribution >= 0.6 is 11.3 Å². The molecule has 0 bridgehead atoms. The van der Waals surface area contributed by atoms with Gasteiger partial charge in [-0.3, -0.25) is 0 Å². The van der Waals surface area contributed by atoms with Crippen LogP contribution in [0.15, 0.2) is 48.5 Å². The van der Waals surface area contributed by atoms with Gasteiger partial charge < -0.3 is 9.47 Å². The Balaban J connectivity index is 1.89. The summed E-state index contributed by atoms with van der Waals surface area (Å²) < 4.78 is 11.8. The number of esters is 1. The summed E-state index contributed by atoms with van der Waals surface area (Å²) in [6.45, 7) is 1.96. The van der Waals surface area contributed by atoms with E-state index in [-0.39, 0.29) is 5.97 Å². The summed E-state index contributed by atoms with van der Waals surface area (Å²) in [4.78, 5) is 12.9. The van der Waals surface area contributed by atoms with Crippen molar-refractivity contribution in [3.05, 3.63) is 59.0 Å². The number of fused-ring (bicyclic) bond motifs is 1.